The Hall–Kier alpha value is -2.29. The molecule has 2 rings (SSSR count). The van der Waals surface area contributed by atoms with Gasteiger partial charge in [0.15, 0.2) is 0 Å². The minimum absolute atomic E-state index is 0.0192. The summed E-state index contributed by atoms with van der Waals surface area (Å²) in [5.74, 6) is -0.175. The van der Waals surface area contributed by atoms with E-state index < -0.39 is 0 Å². The highest BCUT2D eigenvalue weighted by Gasteiger charge is 2.19. The van der Waals surface area contributed by atoms with E-state index in [1.807, 2.05) is 62.4 Å². The molecule has 0 spiro atoms. The van der Waals surface area contributed by atoms with Crippen molar-refractivity contribution >= 4 is 17.3 Å². The van der Waals surface area contributed by atoms with Crippen LogP contribution in [0.1, 0.15) is 30.4 Å². The van der Waals surface area contributed by atoms with Crippen LogP contribution in [0.5, 0.6) is 0 Å². The van der Waals surface area contributed by atoms with Crippen molar-refractivity contribution in [2.24, 2.45) is 0 Å². The highest BCUT2D eigenvalue weighted by atomic mass is 16.1. The molecule has 0 aliphatic heterocycles. The third-order valence-corrected chi connectivity index (χ3v) is 3.39. The number of carbonyl (C=O) groups excluding carboxylic acids is 1. The van der Waals surface area contributed by atoms with Crippen molar-refractivity contribution in [2.75, 3.05) is 11.1 Å². The first kappa shape index (κ1) is 14.1. The van der Waals surface area contributed by atoms with E-state index >= 15 is 0 Å². The van der Waals surface area contributed by atoms with E-state index in [0.717, 1.165) is 17.5 Å². The normalized spacial score (nSPS) is 11.9. The monoisotopic (exact) mass is 268 g/mol. The molecule has 0 bridgehead atoms. The molecule has 3 nitrogen and oxygen atoms in total. The number of nitrogens with two attached hydrogens (primary N) is 1. The molecule has 0 radical (unpaired) electrons. The third-order valence-electron chi connectivity index (χ3n) is 3.39. The number of nitrogens with one attached hydrogen (secondary N) is 1. The molecule has 20 heavy (non-hydrogen) atoms. The van der Waals surface area contributed by atoms with Crippen molar-refractivity contribution in [3.8, 4) is 0 Å². The van der Waals surface area contributed by atoms with E-state index in [-0.39, 0.29) is 11.8 Å². The number of anilines is 2. The molecule has 2 aromatic rings. The summed E-state index contributed by atoms with van der Waals surface area (Å²) < 4.78 is 0. The lowest BCUT2D eigenvalue weighted by Crippen LogP contribution is -2.21. The molecule has 3 N–H and O–H groups in total. The fourth-order valence-corrected chi connectivity index (χ4v) is 2.27. The van der Waals surface area contributed by atoms with Gasteiger partial charge in [-0.3, -0.25) is 4.79 Å². The number of amides is 1. The van der Waals surface area contributed by atoms with Gasteiger partial charge in [0.1, 0.15) is 0 Å². The Balaban J connectivity index is 2.18. The summed E-state index contributed by atoms with van der Waals surface area (Å²) in [7, 11) is 0. The second-order valence-corrected chi connectivity index (χ2v) is 4.95. The largest absolute Gasteiger partial charge is 0.397 e. The summed E-state index contributed by atoms with van der Waals surface area (Å²) in [4.78, 5) is 12.4. The number of carbonyl (C=O) groups is 1. The Labute approximate surface area is 119 Å². The molecular weight excluding hydrogens is 248 g/mol. The Morgan fingerprint density at radius 2 is 1.90 bits per heavy atom. The Kier molecular flexibility index (Phi) is 4.41. The lowest BCUT2D eigenvalue weighted by molar-refractivity contribution is -0.117. The number of hydrogen-bond donors (Lipinski definition) is 2. The maximum absolute atomic E-state index is 12.4. The Morgan fingerprint density at radius 1 is 1.20 bits per heavy atom. The first-order valence-electron chi connectivity index (χ1n) is 6.83. The molecule has 2 aromatic carbocycles. The number of benzene rings is 2. The smallest absolute Gasteiger partial charge is 0.231 e. The molecule has 0 aromatic heterocycles. The lowest BCUT2D eigenvalue weighted by atomic mass is 9.95. The predicted molar refractivity (Wildman–Crippen MR) is 83.7 cm³/mol. The minimum Gasteiger partial charge on any atom is -0.397 e. The molecule has 0 fully saturated rings. The van der Waals surface area contributed by atoms with Crippen LogP contribution in [0.25, 0.3) is 0 Å². The van der Waals surface area contributed by atoms with Gasteiger partial charge in [0.05, 0.1) is 17.3 Å². The van der Waals surface area contributed by atoms with Gasteiger partial charge < -0.3 is 11.1 Å². The first-order valence-corrected chi connectivity index (χ1v) is 6.83. The van der Waals surface area contributed by atoms with Crippen LogP contribution in [-0.4, -0.2) is 5.91 Å². The SMILES string of the molecule is CCC(C(=O)Nc1ccc(C)cc1N)c1ccccc1. The van der Waals surface area contributed by atoms with Gasteiger partial charge in [-0.1, -0.05) is 43.3 Å². The van der Waals surface area contributed by atoms with E-state index in [1.54, 1.807) is 0 Å². The van der Waals surface area contributed by atoms with Gasteiger partial charge in [-0.15, -0.1) is 0 Å². The summed E-state index contributed by atoms with van der Waals surface area (Å²) >= 11 is 0. The number of aryl methyl sites for hydroxylation is 1. The van der Waals surface area contributed by atoms with Crippen molar-refractivity contribution in [1.29, 1.82) is 0 Å². The second-order valence-electron chi connectivity index (χ2n) is 4.95. The molecule has 0 saturated heterocycles. The summed E-state index contributed by atoms with van der Waals surface area (Å²) in [5, 5.41) is 2.92. The molecule has 0 aliphatic carbocycles. The van der Waals surface area contributed by atoms with E-state index in [9.17, 15) is 4.79 Å². The lowest BCUT2D eigenvalue weighted by Gasteiger charge is -2.16. The molecular formula is C17H20N2O. The molecule has 3 heteroatoms. The van der Waals surface area contributed by atoms with Gasteiger partial charge in [0.25, 0.3) is 0 Å². The quantitative estimate of drug-likeness (QED) is 0.830. The summed E-state index contributed by atoms with van der Waals surface area (Å²) in [6.07, 6.45) is 0.752. The Morgan fingerprint density at radius 3 is 2.50 bits per heavy atom. The van der Waals surface area contributed by atoms with Gasteiger partial charge >= 0.3 is 0 Å². The van der Waals surface area contributed by atoms with Crippen LogP contribution < -0.4 is 11.1 Å². The highest BCUT2D eigenvalue weighted by Crippen LogP contribution is 2.24. The van der Waals surface area contributed by atoms with Crippen molar-refractivity contribution in [3.05, 3.63) is 59.7 Å². The molecule has 1 amide bonds. The van der Waals surface area contributed by atoms with Crippen LogP contribution in [0.3, 0.4) is 0 Å². The zero-order valence-electron chi connectivity index (χ0n) is 11.9. The van der Waals surface area contributed by atoms with Crippen LogP contribution in [-0.2, 0) is 4.79 Å². The number of rotatable bonds is 4. The molecule has 104 valence electrons. The maximum atomic E-state index is 12.4. The van der Waals surface area contributed by atoms with E-state index in [4.69, 9.17) is 5.73 Å². The number of hydrogen-bond acceptors (Lipinski definition) is 2. The van der Waals surface area contributed by atoms with E-state index in [1.165, 1.54) is 0 Å². The number of nitrogen functional groups attached to an aromatic ring is 1. The van der Waals surface area contributed by atoms with Crippen molar-refractivity contribution in [1.82, 2.24) is 0 Å². The first-order chi connectivity index (χ1) is 9.61. The third kappa shape index (κ3) is 3.18. The van der Waals surface area contributed by atoms with Gasteiger partial charge in [-0.05, 0) is 36.6 Å². The van der Waals surface area contributed by atoms with Gasteiger partial charge in [-0.25, -0.2) is 0 Å². The molecule has 0 heterocycles. The zero-order chi connectivity index (χ0) is 14.5. The summed E-state index contributed by atoms with van der Waals surface area (Å²) in [6.45, 7) is 3.98. The fraction of sp³-hybridized carbons (Fsp3) is 0.235. The topological polar surface area (TPSA) is 55.1 Å². The van der Waals surface area contributed by atoms with Crippen LogP contribution in [0.2, 0.25) is 0 Å². The van der Waals surface area contributed by atoms with Crippen molar-refractivity contribution in [3.63, 3.8) is 0 Å². The summed E-state index contributed by atoms with van der Waals surface area (Å²) in [6, 6.07) is 15.5. The van der Waals surface area contributed by atoms with E-state index in [2.05, 4.69) is 5.32 Å². The molecule has 1 unspecified atom stereocenters. The molecule has 0 saturated carbocycles. The van der Waals surface area contributed by atoms with Crippen LogP contribution in [0, 0.1) is 6.92 Å². The fourth-order valence-electron chi connectivity index (χ4n) is 2.27. The highest BCUT2D eigenvalue weighted by molar-refractivity contribution is 5.98. The zero-order valence-corrected chi connectivity index (χ0v) is 11.9. The average molecular weight is 268 g/mol. The minimum atomic E-state index is -0.156. The van der Waals surface area contributed by atoms with Crippen molar-refractivity contribution in [2.45, 2.75) is 26.2 Å². The van der Waals surface area contributed by atoms with Crippen LogP contribution >= 0.6 is 0 Å². The predicted octanol–water partition coefficient (Wildman–Crippen LogP) is 3.71. The van der Waals surface area contributed by atoms with E-state index in [0.29, 0.717) is 11.4 Å². The van der Waals surface area contributed by atoms with Gasteiger partial charge in [0.2, 0.25) is 5.91 Å². The molecule has 1 atom stereocenters. The summed E-state index contributed by atoms with van der Waals surface area (Å²) in [5.41, 5.74) is 9.31. The van der Waals surface area contributed by atoms with Gasteiger partial charge in [-0.2, -0.15) is 0 Å². The van der Waals surface area contributed by atoms with Gasteiger partial charge in [0, 0.05) is 0 Å². The standard InChI is InChI=1S/C17H20N2O/c1-3-14(13-7-5-4-6-8-13)17(20)19-16-10-9-12(2)11-15(16)18/h4-11,14H,3,18H2,1-2H3,(H,19,20). The Bertz CT molecular complexity index is 593. The maximum Gasteiger partial charge on any atom is 0.231 e. The van der Waals surface area contributed by atoms with Crippen molar-refractivity contribution < 1.29 is 4.79 Å². The average Bonchev–Trinajstić information content (AvgIpc) is 2.44. The van der Waals surface area contributed by atoms with Crippen LogP contribution in [0.4, 0.5) is 11.4 Å². The van der Waals surface area contributed by atoms with Crippen LogP contribution in [0.15, 0.2) is 48.5 Å². The molecule has 0 aliphatic rings. The second kappa shape index (κ2) is 6.24.